The van der Waals surface area contributed by atoms with E-state index in [2.05, 4.69) is 115 Å². The molecule has 4 heteroatoms. The minimum Gasteiger partial charge on any atom is -0.488 e. The summed E-state index contributed by atoms with van der Waals surface area (Å²) < 4.78 is 18.2. The molecule has 1 unspecified atom stereocenters. The summed E-state index contributed by atoms with van der Waals surface area (Å²) in [7, 11) is 0.613. The van der Waals surface area contributed by atoms with Gasteiger partial charge in [0.2, 0.25) is 6.79 Å². The Labute approximate surface area is 235 Å². The zero-order chi connectivity index (χ0) is 26.7. The van der Waals surface area contributed by atoms with E-state index >= 15 is 0 Å². The summed E-state index contributed by atoms with van der Waals surface area (Å²) in [5.74, 6) is 2.36. The second kappa shape index (κ2) is 10.9. The van der Waals surface area contributed by atoms with Crippen molar-refractivity contribution in [3.8, 4) is 39.5 Å². The van der Waals surface area contributed by atoms with Gasteiger partial charge >= 0.3 is 0 Å². The third-order valence-electron chi connectivity index (χ3n) is 7.17. The van der Waals surface area contributed by atoms with Crippen LogP contribution in [-0.2, 0) is 6.61 Å². The highest BCUT2D eigenvalue weighted by Crippen LogP contribution is 2.47. The Bertz CT molecular complexity index is 1780. The molecule has 40 heavy (non-hydrogen) atoms. The summed E-state index contributed by atoms with van der Waals surface area (Å²) in [5.41, 5.74) is 5.44. The first-order valence-corrected chi connectivity index (χ1v) is 14.4. The molecule has 1 heterocycles. The van der Waals surface area contributed by atoms with Gasteiger partial charge in [-0.2, -0.15) is 0 Å². The van der Waals surface area contributed by atoms with Crippen molar-refractivity contribution in [2.75, 3.05) is 6.79 Å². The molecule has 0 saturated carbocycles. The van der Waals surface area contributed by atoms with E-state index in [1.807, 2.05) is 18.2 Å². The Morgan fingerprint density at radius 1 is 0.600 bits per heavy atom. The number of benzene rings is 6. The fourth-order valence-electron chi connectivity index (χ4n) is 5.19. The molecule has 0 saturated heterocycles. The number of fused-ring (bicyclic) bond motifs is 2. The smallest absolute Gasteiger partial charge is 0.231 e. The van der Waals surface area contributed by atoms with Gasteiger partial charge < -0.3 is 14.2 Å². The highest BCUT2D eigenvalue weighted by molar-refractivity contribution is 7.55. The van der Waals surface area contributed by atoms with E-state index in [0.29, 0.717) is 15.2 Å². The van der Waals surface area contributed by atoms with Gasteiger partial charge in [0.15, 0.2) is 11.5 Å². The Kier molecular flexibility index (Phi) is 6.65. The van der Waals surface area contributed by atoms with Gasteiger partial charge in [-0.05, 0) is 61.8 Å². The largest absolute Gasteiger partial charge is 0.488 e. The number of ether oxygens (including phenoxy) is 3. The van der Waals surface area contributed by atoms with E-state index in [-0.39, 0.29) is 6.79 Å². The Morgan fingerprint density at radius 3 is 2.02 bits per heavy atom. The van der Waals surface area contributed by atoms with Crippen LogP contribution >= 0.6 is 8.58 Å². The van der Waals surface area contributed by atoms with Gasteiger partial charge in [-0.15, -0.1) is 0 Å². The van der Waals surface area contributed by atoms with Crippen molar-refractivity contribution >= 4 is 30.0 Å². The number of rotatable bonds is 7. The van der Waals surface area contributed by atoms with Crippen LogP contribution in [0.2, 0.25) is 0 Å². The normalized spacial score (nSPS) is 12.3. The van der Waals surface area contributed by atoms with E-state index in [4.69, 9.17) is 14.2 Å². The van der Waals surface area contributed by atoms with E-state index < -0.39 is 0 Å². The molecule has 6 aromatic rings. The highest BCUT2D eigenvalue weighted by Gasteiger charge is 2.22. The SMILES string of the molecule is c1ccc(COc2ccc3ccccc3c2-c2cc3c(cc2-c2ccc(Pc4ccccc4)cc2)OCO3)cc1. The van der Waals surface area contributed by atoms with Crippen LogP contribution in [0.4, 0.5) is 0 Å². The first kappa shape index (κ1) is 24.5. The molecule has 7 rings (SSSR count). The van der Waals surface area contributed by atoms with Crippen molar-refractivity contribution < 1.29 is 14.2 Å². The molecule has 0 amide bonds. The van der Waals surface area contributed by atoms with Crippen LogP contribution in [0.3, 0.4) is 0 Å². The van der Waals surface area contributed by atoms with Crippen molar-refractivity contribution in [2.24, 2.45) is 0 Å². The lowest BCUT2D eigenvalue weighted by atomic mass is 9.90. The lowest BCUT2D eigenvalue weighted by molar-refractivity contribution is 0.174. The third-order valence-corrected chi connectivity index (χ3v) is 8.41. The first-order chi connectivity index (χ1) is 19.8. The van der Waals surface area contributed by atoms with E-state index in [1.165, 1.54) is 10.6 Å². The van der Waals surface area contributed by atoms with E-state index in [1.54, 1.807) is 0 Å². The van der Waals surface area contributed by atoms with Gasteiger partial charge in [-0.25, -0.2) is 0 Å². The molecule has 0 aromatic heterocycles. The lowest BCUT2D eigenvalue weighted by Crippen LogP contribution is -2.02. The second-order valence-electron chi connectivity index (χ2n) is 9.75. The molecular weight excluding hydrogens is 511 g/mol. The van der Waals surface area contributed by atoms with E-state index in [0.717, 1.165) is 55.8 Å². The summed E-state index contributed by atoms with van der Waals surface area (Å²) in [6.45, 7) is 0.712. The fraction of sp³-hybridized carbons (Fsp3) is 0.0556. The molecule has 194 valence electrons. The molecule has 0 radical (unpaired) electrons. The van der Waals surface area contributed by atoms with Crippen LogP contribution in [0.1, 0.15) is 5.56 Å². The van der Waals surface area contributed by atoms with Crippen molar-refractivity contribution in [1.29, 1.82) is 0 Å². The van der Waals surface area contributed by atoms with Gasteiger partial charge in [0.05, 0.1) is 0 Å². The molecule has 0 spiro atoms. The summed E-state index contributed by atoms with van der Waals surface area (Å²) >= 11 is 0. The lowest BCUT2D eigenvalue weighted by Gasteiger charge is -2.19. The van der Waals surface area contributed by atoms with Gasteiger partial charge in [-0.3, -0.25) is 0 Å². The predicted molar refractivity (Wildman–Crippen MR) is 166 cm³/mol. The molecular formula is C36H27O3P. The predicted octanol–water partition coefficient (Wildman–Crippen LogP) is 8.11. The molecule has 0 fully saturated rings. The van der Waals surface area contributed by atoms with Crippen LogP contribution in [0, 0.1) is 0 Å². The Morgan fingerprint density at radius 2 is 1.25 bits per heavy atom. The zero-order valence-corrected chi connectivity index (χ0v) is 22.8. The fourth-order valence-corrected chi connectivity index (χ4v) is 6.22. The van der Waals surface area contributed by atoms with Gasteiger partial charge in [-0.1, -0.05) is 124 Å². The first-order valence-electron chi connectivity index (χ1n) is 13.4. The molecule has 0 aliphatic carbocycles. The van der Waals surface area contributed by atoms with Gasteiger partial charge in [0.1, 0.15) is 12.4 Å². The summed E-state index contributed by atoms with van der Waals surface area (Å²) in [4.78, 5) is 0. The van der Waals surface area contributed by atoms with Crippen molar-refractivity contribution in [2.45, 2.75) is 6.61 Å². The van der Waals surface area contributed by atoms with Crippen molar-refractivity contribution in [3.63, 3.8) is 0 Å². The quantitative estimate of drug-likeness (QED) is 0.192. The second-order valence-corrected chi connectivity index (χ2v) is 11.2. The molecule has 0 N–H and O–H groups in total. The summed E-state index contributed by atoms with van der Waals surface area (Å²) in [6.07, 6.45) is 0. The third kappa shape index (κ3) is 4.93. The topological polar surface area (TPSA) is 27.7 Å². The summed E-state index contributed by atoms with van der Waals surface area (Å²) in [5, 5.41) is 4.92. The van der Waals surface area contributed by atoms with Crippen LogP contribution in [0.25, 0.3) is 33.0 Å². The minimum atomic E-state index is 0.224. The van der Waals surface area contributed by atoms with Crippen molar-refractivity contribution in [1.82, 2.24) is 0 Å². The van der Waals surface area contributed by atoms with E-state index in [9.17, 15) is 0 Å². The van der Waals surface area contributed by atoms with Crippen molar-refractivity contribution in [3.05, 3.63) is 139 Å². The average Bonchev–Trinajstić information content (AvgIpc) is 3.48. The highest BCUT2D eigenvalue weighted by atomic mass is 31.1. The van der Waals surface area contributed by atoms with Gasteiger partial charge in [0, 0.05) is 5.56 Å². The van der Waals surface area contributed by atoms with Crippen LogP contribution in [0.15, 0.2) is 133 Å². The maximum absolute atomic E-state index is 6.51. The van der Waals surface area contributed by atoms with Crippen LogP contribution < -0.4 is 24.8 Å². The molecule has 0 bridgehead atoms. The molecule has 1 aliphatic rings. The maximum atomic E-state index is 6.51. The molecule has 6 aromatic carbocycles. The Hall–Kier alpha value is -4.59. The Balaban J connectivity index is 1.35. The molecule has 1 atom stereocenters. The van der Waals surface area contributed by atoms with Gasteiger partial charge in [0.25, 0.3) is 0 Å². The molecule has 1 aliphatic heterocycles. The standard InChI is InChI=1S/C36H27O3P/c1-3-9-25(10-4-1)23-37-33-20-17-26-11-7-8-14-30(26)36(33)32-22-35-34(38-24-39-35)21-31(32)27-15-18-29(19-16-27)40-28-12-5-2-6-13-28/h1-22,40H,23-24H2. The molecule has 3 nitrogen and oxygen atoms in total. The average molecular weight is 539 g/mol. The van der Waals surface area contributed by atoms with Crippen LogP contribution in [-0.4, -0.2) is 6.79 Å². The maximum Gasteiger partial charge on any atom is 0.231 e. The zero-order valence-electron chi connectivity index (χ0n) is 21.8. The van der Waals surface area contributed by atoms with Crippen LogP contribution in [0.5, 0.6) is 17.2 Å². The number of hydrogen-bond donors (Lipinski definition) is 0. The minimum absolute atomic E-state index is 0.224. The number of hydrogen-bond acceptors (Lipinski definition) is 3. The summed E-state index contributed by atoms with van der Waals surface area (Å²) in [6, 6.07) is 46.7. The monoisotopic (exact) mass is 538 g/mol.